The smallest absolute Gasteiger partial charge is 0.253 e. The van der Waals surface area contributed by atoms with Gasteiger partial charge in [-0.25, -0.2) is 4.99 Å². The van der Waals surface area contributed by atoms with Crippen LogP contribution in [-0.4, -0.2) is 44.0 Å². The van der Waals surface area contributed by atoms with Crippen LogP contribution in [0, 0.1) is 6.92 Å². The minimum absolute atomic E-state index is 0.0148. The molecule has 0 unspecified atom stereocenters. The minimum atomic E-state index is 0.0148. The lowest BCUT2D eigenvalue weighted by atomic mass is 9.92. The summed E-state index contributed by atoms with van der Waals surface area (Å²) in [4.78, 5) is 18.3. The van der Waals surface area contributed by atoms with Crippen molar-refractivity contribution in [3.8, 4) is 0 Å². The molecule has 1 aliphatic carbocycles. The average molecular weight is 393 g/mol. The van der Waals surface area contributed by atoms with Crippen molar-refractivity contribution in [3.05, 3.63) is 70.8 Å². The molecule has 0 heterocycles. The molecule has 1 aliphatic rings. The summed E-state index contributed by atoms with van der Waals surface area (Å²) in [6, 6.07) is 16.4. The SMILES string of the molecule is CCNC(=NCc1ccc(C(=O)N(C)C)cc1)NCC1(c2ccccc2C)CC1. The van der Waals surface area contributed by atoms with E-state index in [1.807, 2.05) is 24.3 Å². The maximum absolute atomic E-state index is 12.0. The first-order valence-corrected chi connectivity index (χ1v) is 10.3. The van der Waals surface area contributed by atoms with Crippen LogP contribution in [0.25, 0.3) is 0 Å². The second-order valence-corrected chi connectivity index (χ2v) is 8.04. The molecule has 154 valence electrons. The van der Waals surface area contributed by atoms with Crippen molar-refractivity contribution in [2.75, 3.05) is 27.2 Å². The lowest BCUT2D eigenvalue weighted by Gasteiger charge is -2.20. The van der Waals surface area contributed by atoms with E-state index in [1.54, 1.807) is 19.0 Å². The summed E-state index contributed by atoms with van der Waals surface area (Å²) in [6.45, 7) is 6.55. The van der Waals surface area contributed by atoms with Gasteiger partial charge in [-0.15, -0.1) is 0 Å². The van der Waals surface area contributed by atoms with Gasteiger partial charge < -0.3 is 15.5 Å². The van der Waals surface area contributed by atoms with E-state index in [-0.39, 0.29) is 11.3 Å². The van der Waals surface area contributed by atoms with E-state index < -0.39 is 0 Å². The molecule has 1 fully saturated rings. The monoisotopic (exact) mass is 392 g/mol. The number of nitrogens with zero attached hydrogens (tertiary/aromatic N) is 2. The van der Waals surface area contributed by atoms with Crippen LogP contribution in [0.3, 0.4) is 0 Å². The van der Waals surface area contributed by atoms with Crippen molar-refractivity contribution in [1.29, 1.82) is 0 Å². The molecular weight excluding hydrogens is 360 g/mol. The molecule has 0 atom stereocenters. The summed E-state index contributed by atoms with van der Waals surface area (Å²) < 4.78 is 0. The van der Waals surface area contributed by atoms with E-state index >= 15 is 0 Å². The Balaban J connectivity index is 1.63. The van der Waals surface area contributed by atoms with E-state index in [4.69, 9.17) is 4.99 Å². The van der Waals surface area contributed by atoms with Gasteiger partial charge >= 0.3 is 0 Å². The predicted molar refractivity (Wildman–Crippen MR) is 119 cm³/mol. The van der Waals surface area contributed by atoms with Crippen molar-refractivity contribution in [2.45, 2.75) is 38.6 Å². The largest absolute Gasteiger partial charge is 0.357 e. The molecule has 29 heavy (non-hydrogen) atoms. The topological polar surface area (TPSA) is 56.7 Å². The van der Waals surface area contributed by atoms with E-state index in [1.165, 1.54) is 24.0 Å². The molecule has 0 saturated heterocycles. The van der Waals surface area contributed by atoms with Gasteiger partial charge in [0.1, 0.15) is 0 Å². The van der Waals surface area contributed by atoms with Crippen LogP contribution in [0.2, 0.25) is 0 Å². The van der Waals surface area contributed by atoms with Crippen LogP contribution in [0.1, 0.15) is 46.8 Å². The van der Waals surface area contributed by atoms with Gasteiger partial charge in [0.25, 0.3) is 5.91 Å². The van der Waals surface area contributed by atoms with Crippen LogP contribution < -0.4 is 10.6 Å². The highest BCUT2D eigenvalue weighted by Crippen LogP contribution is 2.48. The number of hydrogen-bond acceptors (Lipinski definition) is 2. The number of hydrogen-bond donors (Lipinski definition) is 2. The Morgan fingerprint density at radius 1 is 1.07 bits per heavy atom. The fraction of sp³-hybridized carbons (Fsp3) is 0.417. The number of benzene rings is 2. The summed E-state index contributed by atoms with van der Waals surface area (Å²) in [5.74, 6) is 0.849. The van der Waals surface area contributed by atoms with Crippen molar-refractivity contribution < 1.29 is 4.79 Å². The zero-order valence-electron chi connectivity index (χ0n) is 18.0. The number of nitrogens with one attached hydrogen (secondary N) is 2. The van der Waals surface area contributed by atoms with Gasteiger partial charge in [0.2, 0.25) is 0 Å². The van der Waals surface area contributed by atoms with E-state index in [9.17, 15) is 4.79 Å². The fourth-order valence-electron chi connectivity index (χ4n) is 3.64. The number of guanidine groups is 1. The molecule has 5 heteroatoms. The van der Waals surface area contributed by atoms with Gasteiger partial charge in [0.15, 0.2) is 5.96 Å². The molecule has 0 bridgehead atoms. The summed E-state index contributed by atoms with van der Waals surface area (Å²) in [7, 11) is 3.52. The van der Waals surface area contributed by atoms with Gasteiger partial charge in [-0.1, -0.05) is 36.4 Å². The summed E-state index contributed by atoms with van der Waals surface area (Å²) >= 11 is 0. The number of amides is 1. The number of carbonyl (C=O) groups excluding carboxylic acids is 1. The van der Waals surface area contributed by atoms with Crippen LogP contribution in [-0.2, 0) is 12.0 Å². The molecule has 0 spiro atoms. The number of rotatable bonds is 7. The highest BCUT2D eigenvalue weighted by molar-refractivity contribution is 5.93. The molecule has 0 radical (unpaired) electrons. The van der Waals surface area contributed by atoms with E-state index in [2.05, 4.69) is 48.7 Å². The second-order valence-electron chi connectivity index (χ2n) is 8.04. The molecule has 1 amide bonds. The Kier molecular flexibility index (Phi) is 6.57. The number of carbonyl (C=O) groups is 1. The van der Waals surface area contributed by atoms with Crippen molar-refractivity contribution >= 4 is 11.9 Å². The van der Waals surface area contributed by atoms with Crippen molar-refractivity contribution in [1.82, 2.24) is 15.5 Å². The Bertz CT molecular complexity index is 867. The Labute approximate surface area is 174 Å². The van der Waals surface area contributed by atoms with Gasteiger partial charge in [-0.05, 0) is 55.5 Å². The highest BCUT2D eigenvalue weighted by Gasteiger charge is 2.44. The lowest BCUT2D eigenvalue weighted by Crippen LogP contribution is -2.41. The molecular formula is C24H32N4O. The van der Waals surface area contributed by atoms with Gasteiger partial charge in [-0.3, -0.25) is 4.79 Å². The Morgan fingerprint density at radius 3 is 2.34 bits per heavy atom. The first-order valence-electron chi connectivity index (χ1n) is 10.3. The zero-order chi connectivity index (χ0) is 20.9. The Morgan fingerprint density at radius 2 is 1.76 bits per heavy atom. The van der Waals surface area contributed by atoms with Crippen LogP contribution in [0.5, 0.6) is 0 Å². The predicted octanol–water partition coefficient (Wildman–Crippen LogP) is 3.48. The summed E-state index contributed by atoms with van der Waals surface area (Å²) in [6.07, 6.45) is 2.43. The van der Waals surface area contributed by atoms with E-state index in [0.29, 0.717) is 12.1 Å². The molecule has 1 saturated carbocycles. The molecule has 2 aromatic rings. The van der Waals surface area contributed by atoms with Crippen LogP contribution >= 0.6 is 0 Å². The van der Waals surface area contributed by atoms with Gasteiger partial charge in [0, 0.05) is 38.2 Å². The summed E-state index contributed by atoms with van der Waals surface area (Å²) in [5, 5.41) is 6.88. The molecule has 2 aromatic carbocycles. The third kappa shape index (κ3) is 5.17. The maximum Gasteiger partial charge on any atom is 0.253 e. The molecule has 2 N–H and O–H groups in total. The van der Waals surface area contributed by atoms with Crippen molar-refractivity contribution in [3.63, 3.8) is 0 Å². The fourth-order valence-corrected chi connectivity index (χ4v) is 3.64. The molecule has 0 aliphatic heterocycles. The van der Waals surface area contributed by atoms with Crippen molar-refractivity contribution in [2.24, 2.45) is 4.99 Å². The quantitative estimate of drug-likeness (QED) is 0.560. The molecule has 3 rings (SSSR count). The highest BCUT2D eigenvalue weighted by atomic mass is 16.2. The van der Waals surface area contributed by atoms with E-state index in [0.717, 1.165) is 24.6 Å². The first kappa shape index (κ1) is 20.9. The average Bonchev–Trinajstić information content (AvgIpc) is 3.51. The van der Waals surface area contributed by atoms with Gasteiger partial charge in [-0.2, -0.15) is 0 Å². The second kappa shape index (κ2) is 9.12. The van der Waals surface area contributed by atoms with Crippen LogP contribution in [0.4, 0.5) is 0 Å². The zero-order valence-corrected chi connectivity index (χ0v) is 18.0. The number of aryl methyl sites for hydroxylation is 1. The number of aliphatic imine (C=N–C) groups is 1. The normalized spacial score (nSPS) is 15.0. The minimum Gasteiger partial charge on any atom is -0.357 e. The summed E-state index contributed by atoms with van der Waals surface area (Å²) in [5.41, 5.74) is 4.82. The standard InChI is InChI=1S/C24H32N4O/c1-5-25-23(26-16-19-10-12-20(13-11-19)22(29)28(3)4)27-17-24(14-15-24)21-9-7-6-8-18(21)2/h6-13H,5,14-17H2,1-4H3,(H2,25,26,27). The third-order valence-corrected chi connectivity index (χ3v) is 5.54. The van der Waals surface area contributed by atoms with Crippen LogP contribution in [0.15, 0.2) is 53.5 Å². The molecule has 5 nitrogen and oxygen atoms in total. The third-order valence-electron chi connectivity index (χ3n) is 5.54. The maximum atomic E-state index is 12.0. The first-order chi connectivity index (χ1) is 13.9. The lowest BCUT2D eigenvalue weighted by molar-refractivity contribution is 0.0827. The molecule has 0 aromatic heterocycles. The Hall–Kier alpha value is -2.82. The van der Waals surface area contributed by atoms with Gasteiger partial charge in [0.05, 0.1) is 6.54 Å².